The van der Waals surface area contributed by atoms with Crippen LogP contribution < -0.4 is 4.90 Å². The number of aromatic carboxylic acids is 1. The normalized spacial score (nSPS) is 12.7. The number of aromatic amines is 1. The van der Waals surface area contributed by atoms with E-state index in [-0.39, 0.29) is 5.56 Å². The number of likely N-dealkylation sites (N-methyl/N-ethyl adjacent to an activating group) is 1. The lowest BCUT2D eigenvalue weighted by Crippen LogP contribution is -2.12. The van der Waals surface area contributed by atoms with Gasteiger partial charge in [0.2, 0.25) is 0 Å². The highest BCUT2D eigenvalue weighted by atomic mass is 16.4. The fraction of sp³-hybridized carbons (Fsp3) is 0.176. The highest BCUT2D eigenvalue weighted by molar-refractivity contribution is 5.93. The molecule has 0 unspecified atom stereocenters. The van der Waals surface area contributed by atoms with Crippen molar-refractivity contribution >= 4 is 22.6 Å². The number of hydrogen-bond donors (Lipinski definition) is 2. The highest BCUT2D eigenvalue weighted by Gasteiger charge is 2.12. The number of anilines is 1. The minimum atomic E-state index is -0.918. The molecule has 0 saturated heterocycles. The zero-order valence-electron chi connectivity index (χ0n) is 12.3. The Bertz CT molecular complexity index is 810. The fourth-order valence-corrected chi connectivity index (χ4v) is 2.58. The van der Waals surface area contributed by atoms with Crippen molar-refractivity contribution in [3.63, 3.8) is 0 Å². The summed E-state index contributed by atoms with van der Waals surface area (Å²) < 4.78 is 0. The van der Waals surface area contributed by atoms with E-state index in [1.165, 1.54) is 24.2 Å². The third kappa shape index (κ3) is 2.79. The molecule has 5 heteroatoms. The first kappa shape index (κ1) is 14.1. The number of para-hydroxylation sites is 1. The molecular weight excluding hydrogens is 278 g/mol. The largest absolute Gasteiger partial charge is 0.478 e. The van der Waals surface area contributed by atoms with E-state index < -0.39 is 5.97 Å². The SMILES string of the molecule is CN1CCc2ccccc21.O=C(O)c1ccc2[nH]ncc2c1. The third-order valence-electron chi connectivity index (χ3n) is 3.81. The first-order chi connectivity index (χ1) is 10.6. The summed E-state index contributed by atoms with van der Waals surface area (Å²) in [5.74, 6) is -0.918. The zero-order chi connectivity index (χ0) is 15.5. The number of fused-ring (bicyclic) bond motifs is 2. The monoisotopic (exact) mass is 295 g/mol. The van der Waals surface area contributed by atoms with Crippen LogP contribution in [0.5, 0.6) is 0 Å². The second-order valence-electron chi connectivity index (χ2n) is 5.28. The first-order valence-electron chi connectivity index (χ1n) is 7.10. The van der Waals surface area contributed by atoms with Gasteiger partial charge in [0.05, 0.1) is 17.3 Å². The summed E-state index contributed by atoms with van der Waals surface area (Å²) in [6, 6.07) is 13.4. The van der Waals surface area contributed by atoms with Crippen molar-refractivity contribution in [3.05, 3.63) is 59.8 Å². The van der Waals surface area contributed by atoms with E-state index in [1.54, 1.807) is 24.4 Å². The van der Waals surface area contributed by atoms with Crippen LogP contribution in [0.2, 0.25) is 0 Å². The van der Waals surface area contributed by atoms with Crippen molar-refractivity contribution in [1.29, 1.82) is 0 Å². The Balaban J connectivity index is 0.000000133. The average molecular weight is 295 g/mol. The van der Waals surface area contributed by atoms with Gasteiger partial charge in [0.1, 0.15) is 0 Å². The van der Waals surface area contributed by atoms with Crippen molar-refractivity contribution < 1.29 is 9.90 Å². The molecule has 2 heterocycles. The summed E-state index contributed by atoms with van der Waals surface area (Å²) in [5, 5.41) is 16.0. The van der Waals surface area contributed by atoms with Crippen LogP contribution in [0.3, 0.4) is 0 Å². The highest BCUT2D eigenvalue weighted by Crippen LogP contribution is 2.25. The maximum absolute atomic E-state index is 10.5. The molecule has 0 aliphatic carbocycles. The number of benzene rings is 2. The maximum Gasteiger partial charge on any atom is 0.335 e. The van der Waals surface area contributed by atoms with Crippen LogP contribution >= 0.6 is 0 Å². The van der Waals surface area contributed by atoms with Gasteiger partial charge in [0.15, 0.2) is 0 Å². The number of rotatable bonds is 1. The fourth-order valence-electron chi connectivity index (χ4n) is 2.58. The van der Waals surface area contributed by atoms with Gasteiger partial charge in [-0.15, -0.1) is 0 Å². The molecular formula is C17H17N3O2. The zero-order valence-corrected chi connectivity index (χ0v) is 12.3. The van der Waals surface area contributed by atoms with Crippen LogP contribution in [0.4, 0.5) is 5.69 Å². The van der Waals surface area contributed by atoms with Gasteiger partial charge in [0, 0.05) is 24.7 Å². The van der Waals surface area contributed by atoms with Gasteiger partial charge in [-0.05, 0) is 36.2 Å². The molecule has 0 saturated carbocycles. The van der Waals surface area contributed by atoms with Crippen molar-refractivity contribution in [3.8, 4) is 0 Å². The summed E-state index contributed by atoms with van der Waals surface area (Å²) in [6.45, 7) is 1.18. The lowest BCUT2D eigenvalue weighted by molar-refractivity contribution is 0.0697. The maximum atomic E-state index is 10.5. The molecule has 0 atom stereocenters. The van der Waals surface area contributed by atoms with E-state index in [4.69, 9.17) is 5.11 Å². The summed E-state index contributed by atoms with van der Waals surface area (Å²) in [7, 11) is 2.14. The van der Waals surface area contributed by atoms with E-state index in [0.717, 1.165) is 10.9 Å². The first-order valence-corrected chi connectivity index (χ1v) is 7.10. The molecule has 0 spiro atoms. The number of carboxylic acids is 1. The van der Waals surface area contributed by atoms with E-state index in [2.05, 4.69) is 46.4 Å². The summed E-state index contributed by atoms with van der Waals surface area (Å²) >= 11 is 0. The number of hydrogen-bond acceptors (Lipinski definition) is 3. The van der Waals surface area contributed by atoms with Crippen LogP contribution in [-0.2, 0) is 6.42 Å². The number of carbonyl (C=O) groups is 1. The molecule has 2 N–H and O–H groups in total. The Morgan fingerprint density at radius 3 is 2.86 bits per heavy atom. The Kier molecular flexibility index (Phi) is 3.78. The van der Waals surface area contributed by atoms with E-state index in [0.29, 0.717) is 0 Å². The van der Waals surface area contributed by atoms with Gasteiger partial charge in [-0.25, -0.2) is 4.79 Å². The second-order valence-corrected chi connectivity index (χ2v) is 5.28. The topological polar surface area (TPSA) is 69.2 Å². The van der Waals surface area contributed by atoms with Gasteiger partial charge in [0.25, 0.3) is 0 Å². The molecule has 112 valence electrons. The number of aromatic nitrogens is 2. The van der Waals surface area contributed by atoms with Crippen LogP contribution in [0.25, 0.3) is 10.9 Å². The minimum Gasteiger partial charge on any atom is -0.478 e. The molecule has 5 nitrogen and oxygen atoms in total. The summed E-state index contributed by atoms with van der Waals surface area (Å²) in [6.07, 6.45) is 2.81. The standard InChI is InChI=1S/C9H11N.C8H6N2O2/c1-10-7-6-8-4-2-3-5-9(8)10;11-8(12)5-1-2-7-6(3-5)4-9-10-7/h2-5H,6-7H2,1H3;1-4H,(H,9,10)(H,11,12). The smallest absolute Gasteiger partial charge is 0.335 e. The lowest BCUT2D eigenvalue weighted by Gasteiger charge is -2.10. The quantitative estimate of drug-likeness (QED) is 0.724. The molecule has 0 bridgehead atoms. The van der Waals surface area contributed by atoms with Gasteiger partial charge in [-0.1, -0.05) is 18.2 Å². The number of carboxylic acid groups (broad SMARTS) is 1. The Labute approximate surface area is 128 Å². The van der Waals surface area contributed by atoms with Gasteiger partial charge in [-0.2, -0.15) is 5.10 Å². The number of H-pyrrole nitrogens is 1. The number of nitrogens with one attached hydrogen (secondary N) is 1. The second kappa shape index (κ2) is 5.89. The molecule has 4 rings (SSSR count). The molecule has 1 aliphatic rings. The molecule has 1 aromatic heterocycles. The molecule has 0 amide bonds. The molecule has 0 fully saturated rings. The van der Waals surface area contributed by atoms with E-state index in [9.17, 15) is 4.79 Å². The van der Waals surface area contributed by atoms with Crippen LogP contribution in [-0.4, -0.2) is 34.9 Å². The van der Waals surface area contributed by atoms with Crippen molar-refractivity contribution in [2.45, 2.75) is 6.42 Å². The third-order valence-corrected chi connectivity index (χ3v) is 3.81. The molecule has 1 aliphatic heterocycles. The molecule has 2 aromatic carbocycles. The Morgan fingerprint density at radius 1 is 1.27 bits per heavy atom. The Morgan fingerprint density at radius 2 is 2.09 bits per heavy atom. The average Bonchev–Trinajstić information content (AvgIpc) is 3.14. The van der Waals surface area contributed by atoms with Gasteiger partial charge in [-0.3, -0.25) is 5.10 Å². The summed E-state index contributed by atoms with van der Waals surface area (Å²) in [5.41, 5.74) is 4.02. The van der Waals surface area contributed by atoms with Crippen molar-refractivity contribution in [1.82, 2.24) is 10.2 Å². The Hall–Kier alpha value is -2.82. The van der Waals surface area contributed by atoms with Crippen LogP contribution in [0, 0.1) is 0 Å². The van der Waals surface area contributed by atoms with Gasteiger partial charge >= 0.3 is 5.97 Å². The van der Waals surface area contributed by atoms with Crippen LogP contribution in [0.15, 0.2) is 48.7 Å². The molecule has 22 heavy (non-hydrogen) atoms. The van der Waals surface area contributed by atoms with Crippen molar-refractivity contribution in [2.75, 3.05) is 18.5 Å². The lowest BCUT2D eigenvalue weighted by atomic mass is 10.2. The predicted octanol–water partition coefficient (Wildman–Crippen LogP) is 2.94. The summed E-state index contributed by atoms with van der Waals surface area (Å²) in [4.78, 5) is 12.8. The van der Waals surface area contributed by atoms with Crippen LogP contribution in [0.1, 0.15) is 15.9 Å². The predicted molar refractivity (Wildman–Crippen MR) is 86.5 cm³/mol. The van der Waals surface area contributed by atoms with E-state index in [1.807, 2.05) is 0 Å². The van der Waals surface area contributed by atoms with Gasteiger partial charge < -0.3 is 10.0 Å². The minimum absolute atomic E-state index is 0.281. The van der Waals surface area contributed by atoms with E-state index >= 15 is 0 Å². The molecule has 0 radical (unpaired) electrons. The number of nitrogens with zero attached hydrogens (tertiary/aromatic N) is 2. The van der Waals surface area contributed by atoms with Crippen molar-refractivity contribution in [2.24, 2.45) is 0 Å². The molecule has 3 aromatic rings.